The zero-order valence-corrected chi connectivity index (χ0v) is 13.1. The van der Waals surface area contributed by atoms with E-state index in [2.05, 4.69) is 10.1 Å². The van der Waals surface area contributed by atoms with Crippen molar-refractivity contribution in [2.75, 3.05) is 0 Å². The second kappa shape index (κ2) is 5.73. The van der Waals surface area contributed by atoms with Gasteiger partial charge in [0.15, 0.2) is 0 Å². The summed E-state index contributed by atoms with van der Waals surface area (Å²) in [7, 11) is 0. The van der Waals surface area contributed by atoms with Gasteiger partial charge in [-0.3, -0.25) is 4.79 Å². The summed E-state index contributed by atoms with van der Waals surface area (Å²) < 4.78 is 1.73. The number of thiazole rings is 1. The zero-order valence-electron chi connectivity index (χ0n) is 12.3. The van der Waals surface area contributed by atoms with Crippen molar-refractivity contribution in [1.29, 1.82) is 0 Å². The largest absolute Gasteiger partial charge is 0.481 e. The standard InChI is InChI=1S/C16H15N3O2S/c1-10-13(8-15(20)21)11(2)19(18-10)16-17-14(9-22-16)12-6-4-3-5-7-12/h3-7,9H,8H2,1-2H3,(H,20,21). The minimum Gasteiger partial charge on any atom is -0.481 e. The molecule has 2 aromatic heterocycles. The van der Waals surface area contributed by atoms with Crippen LogP contribution in [0.4, 0.5) is 0 Å². The summed E-state index contributed by atoms with van der Waals surface area (Å²) in [6.07, 6.45) is -0.0193. The maximum Gasteiger partial charge on any atom is 0.307 e. The van der Waals surface area contributed by atoms with Crippen LogP contribution in [-0.2, 0) is 11.2 Å². The molecule has 2 heterocycles. The maximum atomic E-state index is 11.0. The van der Waals surface area contributed by atoms with Crippen LogP contribution in [0.15, 0.2) is 35.7 Å². The van der Waals surface area contributed by atoms with Crippen molar-refractivity contribution in [3.63, 3.8) is 0 Å². The van der Waals surface area contributed by atoms with Gasteiger partial charge in [-0.1, -0.05) is 30.3 Å². The molecule has 0 amide bonds. The second-order valence-electron chi connectivity index (χ2n) is 5.01. The van der Waals surface area contributed by atoms with E-state index in [-0.39, 0.29) is 6.42 Å². The molecule has 1 N–H and O–H groups in total. The summed E-state index contributed by atoms with van der Waals surface area (Å²) in [5.41, 5.74) is 4.26. The Morgan fingerprint density at radius 1 is 1.27 bits per heavy atom. The van der Waals surface area contributed by atoms with E-state index in [9.17, 15) is 4.79 Å². The van der Waals surface area contributed by atoms with Gasteiger partial charge in [0, 0.05) is 22.2 Å². The summed E-state index contributed by atoms with van der Waals surface area (Å²) in [6.45, 7) is 3.70. The van der Waals surface area contributed by atoms with Crippen LogP contribution in [0.2, 0.25) is 0 Å². The van der Waals surface area contributed by atoms with E-state index in [0.717, 1.165) is 33.3 Å². The summed E-state index contributed by atoms with van der Waals surface area (Å²) >= 11 is 1.49. The van der Waals surface area contributed by atoms with E-state index in [4.69, 9.17) is 5.11 Å². The van der Waals surface area contributed by atoms with Crippen molar-refractivity contribution in [3.05, 3.63) is 52.7 Å². The van der Waals surface area contributed by atoms with Gasteiger partial charge in [0.1, 0.15) is 0 Å². The lowest BCUT2D eigenvalue weighted by atomic mass is 10.1. The number of nitrogens with zero attached hydrogens (tertiary/aromatic N) is 3. The second-order valence-corrected chi connectivity index (χ2v) is 5.85. The molecule has 22 heavy (non-hydrogen) atoms. The Labute approximate surface area is 131 Å². The van der Waals surface area contributed by atoms with Gasteiger partial charge in [-0.05, 0) is 13.8 Å². The van der Waals surface area contributed by atoms with E-state index < -0.39 is 5.97 Å². The number of aliphatic carboxylic acids is 1. The van der Waals surface area contributed by atoms with Crippen molar-refractivity contribution in [1.82, 2.24) is 14.8 Å². The molecular weight excluding hydrogens is 298 g/mol. The van der Waals surface area contributed by atoms with Gasteiger partial charge in [-0.25, -0.2) is 9.67 Å². The predicted octanol–water partition coefficient (Wildman–Crippen LogP) is 3.24. The Morgan fingerprint density at radius 2 is 2.00 bits per heavy atom. The normalized spacial score (nSPS) is 10.8. The van der Waals surface area contributed by atoms with Gasteiger partial charge < -0.3 is 5.11 Å². The Morgan fingerprint density at radius 3 is 2.68 bits per heavy atom. The molecule has 3 rings (SSSR count). The van der Waals surface area contributed by atoms with Crippen molar-refractivity contribution in [2.24, 2.45) is 0 Å². The first-order valence-electron chi connectivity index (χ1n) is 6.84. The monoisotopic (exact) mass is 313 g/mol. The summed E-state index contributed by atoms with van der Waals surface area (Å²) in [5.74, 6) is -0.852. The van der Waals surface area contributed by atoms with Crippen LogP contribution >= 0.6 is 11.3 Å². The van der Waals surface area contributed by atoms with Crippen LogP contribution in [0.25, 0.3) is 16.4 Å². The highest BCUT2D eigenvalue weighted by molar-refractivity contribution is 7.12. The molecule has 0 fully saturated rings. The van der Waals surface area contributed by atoms with Crippen LogP contribution in [-0.4, -0.2) is 25.8 Å². The molecule has 6 heteroatoms. The first kappa shape index (κ1) is 14.5. The number of carbonyl (C=O) groups is 1. The highest BCUT2D eigenvalue weighted by Gasteiger charge is 2.17. The molecule has 3 aromatic rings. The van der Waals surface area contributed by atoms with E-state index in [0.29, 0.717) is 0 Å². The molecule has 0 unspecified atom stereocenters. The molecule has 112 valence electrons. The van der Waals surface area contributed by atoms with Crippen LogP contribution in [0.1, 0.15) is 17.0 Å². The third-order valence-corrected chi connectivity index (χ3v) is 4.33. The van der Waals surface area contributed by atoms with Crippen molar-refractivity contribution in [2.45, 2.75) is 20.3 Å². The molecule has 0 aliphatic carbocycles. The van der Waals surface area contributed by atoms with E-state index in [1.54, 1.807) is 4.68 Å². The number of benzene rings is 1. The number of carboxylic acids is 1. The quantitative estimate of drug-likeness (QED) is 0.803. The van der Waals surface area contributed by atoms with Crippen LogP contribution in [0.5, 0.6) is 0 Å². The third kappa shape index (κ3) is 2.65. The fourth-order valence-electron chi connectivity index (χ4n) is 2.37. The summed E-state index contributed by atoms with van der Waals surface area (Å²) in [4.78, 5) is 15.6. The van der Waals surface area contributed by atoms with E-state index >= 15 is 0 Å². The maximum absolute atomic E-state index is 11.0. The number of aromatic nitrogens is 3. The molecule has 0 atom stereocenters. The van der Waals surface area contributed by atoms with Gasteiger partial charge in [0.25, 0.3) is 0 Å². The minimum atomic E-state index is -0.852. The molecule has 0 aliphatic rings. The number of hydrogen-bond donors (Lipinski definition) is 1. The predicted molar refractivity (Wildman–Crippen MR) is 85.5 cm³/mol. The third-order valence-electron chi connectivity index (χ3n) is 3.51. The Kier molecular flexibility index (Phi) is 3.77. The molecule has 0 bridgehead atoms. The fraction of sp³-hybridized carbons (Fsp3) is 0.188. The van der Waals surface area contributed by atoms with Crippen LogP contribution in [0, 0.1) is 13.8 Å². The lowest BCUT2D eigenvalue weighted by molar-refractivity contribution is -0.136. The molecule has 0 saturated heterocycles. The molecule has 1 aromatic carbocycles. The molecule has 0 aliphatic heterocycles. The van der Waals surface area contributed by atoms with Gasteiger partial charge in [0.2, 0.25) is 5.13 Å². The topological polar surface area (TPSA) is 68.0 Å². The van der Waals surface area contributed by atoms with Crippen molar-refractivity contribution < 1.29 is 9.90 Å². The average Bonchev–Trinajstić information content (AvgIpc) is 3.08. The zero-order chi connectivity index (χ0) is 15.7. The molecular formula is C16H15N3O2S. The van der Waals surface area contributed by atoms with E-state index in [1.807, 2.05) is 49.6 Å². The van der Waals surface area contributed by atoms with Gasteiger partial charge in [0.05, 0.1) is 17.8 Å². The van der Waals surface area contributed by atoms with Crippen molar-refractivity contribution >= 4 is 17.3 Å². The smallest absolute Gasteiger partial charge is 0.307 e. The average molecular weight is 313 g/mol. The van der Waals surface area contributed by atoms with Gasteiger partial charge >= 0.3 is 5.97 Å². The first-order valence-corrected chi connectivity index (χ1v) is 7.72. The molecule has 0 saturated carbocycles. The lowest BCUT2D eigenvalue weighted by Gasteiger charge is -2.00. The number of aryl methyl sites for hydroxylation is 1. The van der Waals surface area contributed by atoms with Gasteiger partial charge in [-0.2, -0.15) is 5.10 Å². The molecule has 5 nitrogen and oxygen atoms in total. The molecule has 0 radical (unpaired) electrons. The number of hydrogen-bond acceptors (Lipinski definition) is 4. The Hall–Kier alpha value is -2.47. The Balaban J connectivity index is 1.99. The van der Waals surface area contributed by atoms with Crippen molar-refractivity contribution in [3.8, 4) is 16.4 Å². The number of carboxylic acid groups (broad SMARTS) is 1. The first-order chi connectivity index (χ1) is 10.6. The Bertz CT molecular complexity index is 821. The van der Waals surface area contributed by atoms with E-state index in [1.165, 1.54) is 11.3 Å². The fourth-order valence-corrected chi connectivity index (χ4v) is 3.21. The van der Waals surface area contributed by atoms with Gasteiger partial charge in [-0.15, -0.1) is 11.3 Å². The number of rotatable bonds is 4. The highest BCUT2D eigenvalue weighted by atomic mass is 32.1. The lowest BCUT2D eigenvalue weighted by Crippen LogP contribution is -2.03. The minimum absolute atomic E-state index is 0.0193. The SMILES string of the molecule is Cc1nn(-c2nc(-c3ccccc3)cs2)c(C)c1CC(=O)O. The molecule has 0 spiro atoms. The summed E-state index contributed by atoms with van der Waals surface area (Å²) in [5, 5.41) is 16.2. The highest BCUT2D eigenvalue weighted by Crippen LogP contribution is 2.26. The summed E-state index contributed by atoms with van der Waals surface area (Å²) in [6, 6.07) is 9.94. The van der Waals surface area contributed by atoms with Crippen LogP contribution in [0.3, 0.4) is 0 Å². The van der Waals surface area contributed by atoms with Crippen LogP contribution < -0.4 is 0 Å².